The van der Waals surface area contributed by atoms with E-state index < -0.39 is 0 Å². The number of anilines is 3. The molecular formula is C33H27NS. The first-order valence-corrected chi connectivity index (χ1v) is 12.9. The minimum Gasteiger partial charge on any atom is -0.311 e. The molecule has 35 heavy (non-hydrogen) atoms. The highest BCUT2D eigenvalue weighted by Crippen LogP contribution is 2.52. The van der Waals surface area contributed by atoms with Crippen LogP contribution in [-0.4, -0.2) is 0 Å². The third kappa shape index (κ3) is 3.84. The van der Waals surface area contributed by atoms with Crippen LogP contribution in [0.4, 0.5) is 17.1 Å². The fraction of sp³-hybridized carbons (Fsp3) is 0.0909. The van der Waals surface area contributed by atoms with Gasteiger partial charge in [-0.2, -0.15) is 0 Å². The van der Waals surface area contributed by atoms with Crippen molar-refractivity contribution >= 4 is 28.8 Å². The summed E-state index contributed by atoms with van der Waals surface area (Å²) in [6.07, 6.45) is 0. The number of fused-ring (bicyclic) bond motifs is 2. The van der Waals surface area contributed by atoms with E-state index in [1.54, 1.807) is 0 Å². The molecule has 0 unspecified atom stereocenters. The molecule has 0 bridgehead atoms. The molecule has 0 aliphatic carbocycles. The Morgan fingerprint density at radius 3 is 1.71 bits per heavy atom. The van der Waals surface area contributed by atoms with E-state index in [1.807, 2.05) is 11.8 Å². The van der Waals surface area contributed by atoms with Crippen LogP contribution in [0, 0.1) is 0 Å². The van der Waals surface area contributed by atoms with E-state index in [-0.39, 0.29) is 5.41 Å². The molecule has 1 aliphatic rings. The van der Waals surface area contributed by atoms with Crippen LogP contribution in [0.5, 0.6) is 0 Å². The quantitative estimate of drug-likeness (QED) is 0.258. The van der Waals surface area contributed by atoms with Gasteiger partial charge in [-0.15, -0.1) is 0 Å². The smallest absolute Gasteiger partial charge is 0.0462 e. The van der Waals surface area contributed by atoms with E-state index in [0.29, 0.717) is 0 Å². The predicted octanol–water partition coefficient (Wildman–Crippen LogP) is 9.61. The van der Waals surface area contributed by atoms with E-state index >= 15 is 0 Å². The van der Waals surface area contributed by atoms with Crippen molar-refractivity contribution in [3.8, 4) is 11.1 Å². The third-order valence-electron chi connectivity index (χ3n) is 6.93. The number of benzene rings is 5. The Morgan fingerprint density at radius 1 is 0.514 bits per heavy atom. The molecule has 0 atom stereocenters. The lowest BCUT2D eigenvalue weighted by molar-refractivity contribution is 0.608. The monoisotopic (exact) mass is 469 g/mol. The maximum atomic E-state index is 2.34. The van der Waals surface area contributed by atoms with Crippen LogP contribution in [-0.2, 0) is 5.41 Å². The SMILES string of the molecule is CC1(C)c2ccccc2Sc2c(-c3ccc(N(c4ccccc4)c4ccccc4)cc3)cccc21. The molecule has 0 amide bonds. The van der Waals surface area contributed by atoms with Crippen LogP contribution < -0.4 is 4.90 Å². The molecule has 5 aromatic carbocycles. The van der Waals surface area contributed by atoms with Gasteiger partial charge < -0.3 is 4.90 Å². The molecule has 1 aliphatic heterocycles. The Hall–Kier alpha value is -3.75. The number of para-hydroxylation sites is 2. The summed E-state index contributed by atoms with van der Waals surface area (Å²) in [5.41, 5.74) is 8.78. The fourth-order valence-corrected chi connectivity index (χ4v) is 6.61. The topological polar surface area (TPSA) is 3.24 Å². The average Bonchev–Trinajstić information content (AvgIpc) is 2.91. The number of hydrogen-bond acceptors (Lipinski definition) is 2. The van der Waals surface area contributed by atoms with Crippen LogP contribution in [0.3, 0.4) is 0 Å². The van der Waals surface area contributed by atoms with Gasteiger partial charge in [-0.1, -0.05) is 111 Å². The summed E-state index contributed by atoms with van der Waals surface area (Å²) < 4.78 is 0. The first-order valence-electron chi connectivity index (χ1n) is 12.0. The van der Waals surface area contributed by atoms with Crippen molar-refractivity contribution in [3.05, 3.63) is 139 Å². The van der Waals surface area contributed by atoms with Crippen LogP contribution in [0.1, 0.15) is 25.0 Å². The van der Waals surface area contributed by atoms with Gasteiger partial charge in [0.15, 0.2) is 0 Å². The van der Waals surface area contributed by atoms with E-state index in [4.69, 9.17) is 0 Å². The number of nitrogens with zero attached hydrogens (tertiary/aromatic N) is 1. The van der Waals surface area contributed by atoms with Crippen molar-refractivity contribution in [1.82, 2.24) is 0 Å². The minimum absolute atomic E-state index is 0.0233. The second-order valence-electron chi connectivity index (χ2n) is 9.46. The van der Waals surface area contributed by atoms with E-state index in [0.717, 1.165) is 17.1 Å². The summed E-state index contributed by atoms with van der Waals surface area (Å²) in [4.78, 5) is 5.03. The van der Waals surface area contributed by atoms with Crippen molar-refractivity contribution in [1.29, 1.82) is 0 Å². The van der Waals surface area contributed by atoms with Crippen molar-refractivity contribution in [2.75, 3.05) is 4.90 Å². The van der Waals surface area contributed by atoms with Gasteiger partial charge in [0.05, 0.1) is 0 Å². The summed E-state index contributed by atoms with van der Waals surface area (Å²) in [6.45, 7) is 4.68. The van der Waals surface area contributed by atoms with Crippen LogP contribution in [0.15, 0.2) is 137 Å². The zero-order valence-electron chi connectivity index (χ0n) is 20.0. The van der Waals surface area contributed by atoms with Gasteiger partial charge in [0, 0.05) is 32.3 Å². The second-order valence-corrected chi connectivity index (χ2v) is 10.5. The van der Waals surface area contributed by atoms with Gasteiger partial charge in [-0.05, 0) is 64.7 Å². The summed E-state index contributed by atoms with van der Waals surface area (Å²) in [6, 6.07) is 45.7. The lowest BCUT2D eigenvalue weighted by atomic mass is 9.77. The highest BCUT2D eigenvalue weighted by Gasteiger charge is 2.34. The molecule has 0 saturated carbocycles. The van der Waals surface area contributed by atoms with Gasteiger partial charge in [0.25, 0.3) is 0 Å². The molecule has 5 aromatic rings. The number of hydrogen-bond donors (Lipinski definition) is 0. The van der Waals surface area contributed by atoms with Gasteiger partial charge in [0.2, 0.25) is 0 Å². The first-order chi connectivity index (χ1) is 17.1. The van der Waals surface area contributed by atoms with Crippen molar-refractivity contribution in [2.45, 2.75) is 29.1 Å². The molecule has 0 saturated heterocycles. The highest BCUT2D eigenvalue weighted by molar-refractivity contribution is 7.99. The normalized spacial score (nSPS) is 13.5. The van der Waals surface area contributed by atoms with Crippen molar-refractivity contribution < 1.29 is 0 Å². The predicted molar refractivity (Wildman–Crippen MR) is 149 cm³/mol. The maximum Gasteiger partial charge on any atom is 0.0462 e. The van der Waals surface area contributed by atoms with Crippen LogP contribution >= 0.6 is 11.8 Å². The Bertz CT molecular complexity index is 1430. The van der Waals surface area contributed by atoms with Crippen LogP contribution in [0.25, 0.3) is 11.1 Å². The van der Waals surface area contributed by atoms with Gasteiger partial charge in [-0.3, -0.25) is 0 Å². The lowest BCUT2D eigenvalue weighted by Gasteiger charge is -2.35. The molecule has 1 nitrogen and oxygen atoms in total. The first kappa shape index (κ1) is 21.8. The molecule has 170 valence electrons. The fourth-order valence-electron chi connectivity index (χ4n) is 5.08. The Labute approximate surface area is 212 Å². The molecule has 0 aromatic heterocycles. The van der Waals surface area contributed by atoms with E-state index in [2.05, 4.69) is 146 Å². The Balaban J connectivity index is 1.42. The zero-order chi connectivity index (χ0) is 23.8. The van der Waals surface area contributed by atoms with E-state index in [9.17, 15) is 0 Å². The second kappa shape index (κ2) is 8.79. The largest absolute Gasteiger partial charge is 0.311 e. The standard InChI is InChI=1S/C33H27NS/c1-33(2)29-17-9-10-19-31(29)35-32-28(16-11-18-30(32)33)24-20-22-27(23-21-24)34(25-12-5-3-6-13-25)26-14-7-4-8-15-26/h3-23H,1-2H3. The summed E-state index contributed by atoms with van der Waals surface area (Å²) in [5.74, 6) is 0. The Kier molecular flexibility index (Phi) is 5.47. The zero-order valence-corrected chi connectivity index (χ0v) is 20.8. The molecule has 0 radical (unpaired) electrons. The highest BCUT2D eigenvalue weighted by atomic mass is 32.2. The van der Waals surface area contributed by atoms with Gasteiger partial charge in [0.1, 0.15) is 0 Å². The Morgan fingerprint density at radius 2 is 1.06 bits per heavy atom. The molecular weight excluding hydrogens is 442 g/mol. The molecule has 2 heteroatoms. The summed E-state index contributed by atoms with van der Waals surface area (Å²) in [5, 5.41) is 0. The minimum atomic E-state index is -0.0233. The summed E-state index contributed by atoms with van der Waals surface area (Å²) in [7, 11) is 0. The van der Waals surface area contributed by atoms with E-state index in [1.165, 1.54) is 32.0 Å². The molecule has 6 rings (SSSR count). The van der Waals surface area contributed by atoms with Crippen molar-refractivity contribution in [3.63, 3.8) is 0 Å². The third-order valence-corrected chi connectivity index (χ3v) is 8.15. The maximum absolute atomic E-state index is 2.34. The molecule has 1 heterocycles. The molecule has 0 fully saturated rings. The molecule has 0 N–H and O–H groups in total. The number of rotatable bonds is 4. The average molecular weight is 470 g/mol. The molecule has 0 spiro atoms. The lowest BCUT2D eigenvalue weighted by Crippen LogP contribution is -2.23. The van der Waals surface area contributed by atoms with Crippen molar-refractivity contribution in [2.24, 2.45) is 0 Å². The van der Waals surface area contributed by atoms with Crippen LogP contribution in [0.2, 0.25) is 0 Å². The van der Waals surface area contributed by atoms with Gasteiger partial charge in [-0.25, -0.2) is 0 Å². The summed E-state index contributed by atoms with van der Waals surface area (Å²) >= 11 is 1.90. The van der Waals surface area contributed by atoms with Gasteiger partial charge >= 0.3 is 0 Å².